The molecule has 0 heterocycles. The van der Waals surface area contributed by atoms with E-state index in [1.807, 2.05) is 50.2 Å². The minimum absolute atomic E-state index is 0.00998. The molecule has 2 aromatic rings. The van der Waals surface area contributed by atoms with Crippen LogP contribution in [0.15, 0.2) is 42.5 Å². The van der Waals surface area contributed by atoms with E-state index in [4.69, 9.17) is 9.47 Å². The van der Waals surface area contributed by atoms with Crippen molar-refractivity contribution in [1.29, 1.82) is 0 Å². The Morgan fingerprint density at radius 2 is 1.67 bits per heavy atom. The summed E-state index contributed by atoms with van der Waals surface area (Å²) in [7, 11) is 1.62. The lowest BCUT2D eigenvalue weighted by Gasteiger charge is -2.12. The van der Waals surface area contributed by atoms with Gasteiger partial charge in [-0.1, -0.05) is 30.3 Å². The standard InChI is InChI=1S/C18H20O3/c1-13-7-6-9-15(14(13)2)18(19)16-8-4-5-10-17(16)21-12-11-20-3/h4-10H,11-12H2,1-3H3. The average molecular weight is 284 g/mol. The van der Waals surface area contributed by atoms with Crippen LogP contribution in [0, 0.1) is 13.8 Å². The smallest absolute Gasteiger partial charge is 0.197 e. The molecule has 21 heavy (non-hydrogen) atoms. The summed E-state index contributed by atoms with van der Waals surface area (Å²) in [5, 5.41) is 0. The van der Waals surface area contributed by atoms with Crippen molar-refractivity contribution in [3.63, 3.8) is 0 Å². The Labute approximate surface area is 125 Å². The first-order valence-electron chi connectivity index (χ1n) is 6.97. The molecule has 0 amide bonds. The summed E-state index contributed by atoms with van der Waals surface area (Å²) in [5.41, 5.74) is 3.42. The van der Waals surface area contributed by atoms with E-state index >= 15 is 0 Å². The van der Waals surface area contributed by atoms with Crippen LogP contribution in [-0.4, -0.2) is 26.1 Å². The second kappa shape index (κ2) is 7.04. The number of para-hydroxylation sites is 1. The maximum absolute atomic E-state index is 12.8. The monoisotopic (exact) mass is 284 g/mol. The maximum Gasteiger partial charge on any atom is 0.197 e. The third kappa shape index (κ3) is 3.50. The van der Waals surface area contributed by atoms with E-state index in [2.05, 4.69) is 0 Å². The number of hydrogen-bond donors (Lipinski definition) is 0. The number of ketones is 1. The molecule has 0 aliphatic carbocycles. The van der Waals surface area contributed by atoms with Gasteiger partial charge in [0, 0.05) is 12.7 Å². The van der Waals surface area contributed by atoms with E-state index in [0.29, 0.717) is 24.5 Å². The van der Waals surface area contributed by atoms with Crippen LogP contribution >= 0.6 is 0 Å². The number of rotatable bonds is 6. The lowest BCUT2D eigenvalue weighted by Crippen LogP contribution is -2.10. The number of ether oxygens (including phenoxy) is 2. The summed E-state index contributed by atoms with van der Waals surface area (Å²) < 4.78 is 10.6. The largest absolute Gasteiger partial charge is 0.490 e. The second-order valence-electron chi connectivity index (χ2n) is 4.91. The predicted molar refractivity (Wildman–Crippen MR) is 83.2 cm³/mol. The molecule has 110 valence electrons. The molecular weight excluding hydrogens is 264 g/mol. The molecule has 0 N–H and O–H groups in total. The topological polar surface area (TPSA) is 35.5 Å². The summed E-state index contributed by atoms with van der Waals surface area (Å²) >= 11 is 0. The summed E-state index contributed by atoms with van der Waals surface area (Å²) in [6.45, 7) is 4.89. The van der Waals surface area contributed by atoms with Gasteiger partial charge in [0.25, 0.3) is 0 Å². The zero-order valence-electron chi connectivity index (χ0n) is 12.7. The minimum atomic E-state index is -0.00998. The molecule has 2 aromatic carbocycles. The van der Waals surface area contributed by atoms with Crippen molar-refractivity contribution in [3.05, 3.63) is 64.7 Å². The molecule has 0 saturated carbocycles. The fourth-order valence-electron chi connectivity index (χ4n) is 2.16. The van der Waals surface area contributed by atoms with Crippen LogP contribution in [-0.2, 0) is 4.74 Å². The Morgan fingerprint density at radius 3 is 2.43 bits per heavy atom. The van der Waals surface area contributed by atoms with Crippen LogP contribution in [0.25, 0.3) is 0 Å². The van der Waals surface area contributed by atoms with Gasteiger partial charge in [0.15, 0.2) is 5.78 Å². The molecule has 0 bridgehead atoms. The molecule has 0 fully saturated rings. The highest BCUT2D eigenvalue weighted by Crippen LogP contribution is 2.24. The summed E-state index contributed by atoms with van der Waals surface area (Å²) in [6, 6.07) is 13.1. The Balaban J connectivity index is 2.33. The fourth-order valence-corrected chi connectivity index (χ4v) is 2.16. The Kier molecular flexibility index (Phi) is 5.12. The quantitative estimate of drug-likeness (QED) is 0.601. The van der Waals surface area contributed by atoms with Gasteiger partial charge in [-0.25, -0.2) is 0 Å². The molecule has 0 unspecified atom stereocenters. The summed E-state index contributed by atoms with van der Waals surface area (Å²) in [4.78, 5) is 12.8. The van der Waals surface area contributed by atoms with Crippen molar-refractivity contribution in [2.24, 2.45) is 0 Å². The number of benzene rings is 2. The van der Waals surface area contributed by atoms with Gasteiger partial charge in [0.1, 0.15) is 12.4 Å². The molecule has 2 rings (SSSR count). The van der Waals surface area contributed by atoms with Gasteiger partial charge in [-0.3, -0.25) is 4.79 Å². The van der Waals surface area contributed by atoms with Crippen molar-refractivity contribution in [2.75, 3.05) is 20.3 Å². The SMILES string of the molecule is COCCOc1ccccc1C(=O)c1cccc(C)c1C. The molecule has 3 heteroatoms. The molecule has 0 spiro atoms. The van der Waals surface area contributed by atoms with Gasteiger partial charge in [-0.2, -0.15) is 0 Å². The van der Waals surface area contributed by atoms with Crippen molar-refractivity contribution in [1.82, 2.24) is 0 Å². The van der Waals surface area contributed by atoms with E-state index in [1.165, 1.54) is 0 Å². The predicted octanol–water partition coefficient (Wildman–Crippen LogP) is 3.56. The Bertz CT molecular complexity index is 632. The first-order valence-corrected chi connectivity index (χ1v) is 6.97. The maximum atomic E-state index is 12.8. The highest BCUT2D eigenvalue weighted by molar-refractivity contribution is 6.11. The van der Waals surface area contributed by atoms with Crippen LogP contribution in [0.3, 0.4) is 0 Å². The van der Waals surface area contributed by atoms with Gasteiger partial charge in [0.2, 0.25) is 0 Å². The highest BCUT2D eigenvalue weighted by atomic mass is 16.5. The molecule has 0 atom stereocenters. The first kappa shape index (κ1) is 15.3. The highest BCUT2D eigenvalue weighted by Gasteiger charge is 2.16. The summed E-state index contributed by atoms with van der Waals surface area (Å²) in [6.07, 6.45) is 0. The van der Waals surface area contributed by atoms with Gasteiger partial charge in [0.05, 0.1) is 12.2 Å². The zero-order valence-corrected chi connectivity index (χ0v) is 12.7. The van der Waals surface area contributed by atoms with Crippen molar-refractivity contribution in [3.8, 4) is 5.75 Å². The van der Waals surface area contributed by atoms with Gasteiger partial charge < -0.3 is 9.47 Å². The van der Waals surface area contributed by atoms with Gasteiger partial charge in [-0.15, -0.1) is 0 Å². The fraction of sp³-hybridized carbons (Fsp3) is 0.278. The van der Waals surface area contributed by atoms with Crippen LogP contribution in [0.2, 0.25) is 0 Å². The second-order valence-corrected chi connectivity index (χ2v) is 4.91. The number of methoxy groups -OCH3 is 1. The molecule has 0 aliphatic heterocycles. The lowest BCUT2D eigenvalue weighted by molar-refractivity contribution is 0.103. The normalized spacial score (nSPS) is 10.4. The number of aryl methyl sites for hydroxylation is 1. The van der Waals surface area contributed by atoms with E-state index in [9.17, 15) is 4.79 Å². The minimum Gasteiger partial charge on any atom is -0.490 e. The molecule has 0 radical (unpaired) electrons. The van der Waals surface area contributed by atoms with Crippen molar-refractivity contribution >= 4 is 5.78 Å². The van der Waals surface area contributed by atoms with Crippen LogP contribution in [0.1, 0.15) is 27.0 Å². The zero-order chi connectivity index (χ0) is 15.2. The number of carbonyl (C=O) groups excluding carboxylic acids is 1. The van der Waals surface area contributed by atoms with E-state index in [1.54, 1.807) is 13.2 Å². The molecule has 3 nitrogen and oxygen atoms in total. The van der Waals surface area contributed by atoms with Crippen molar-refractivity contribution < 1.29 is 14.3 Å². The van der Waals surface area contributed by atoms with E-state index < -0.39 is 0 Å². The third-order valence-electron chi connectivity index (χ3n) is 3.53. The molecule has 0 aliphatic rings. The number of carbonyl (C=O) groups is 1. The summed E-state index contributed by atoms with van der Waals surface area (Å²) in [5.74, 6) is 0.588. The van der Waals surface area contributed by atoms with Gasteiger partial charge in [-0.05, 0) is 37.1 Å². The van der Waals surface area contributed by atoms with Crippen LogP contribution in [0.5, 0.6) is 5.75 Å². The molecular formula is C18H20O3. The number of hydrogen-bond acceptors (Lipinski definition) is 3. The van der Waals surface area contributed by atoms with Gasteiger partial charge >= 0.3 is 0 Å². The van der Waals surface area contributed by atoms with Crippen molar-refractivity contribution in [2.45, 2.75) is 13.8 Å². The Hall–Kier alpha value is -2.13. The van der Waals surface area contributed by atoms with E-state index in [-0.39, 0.29) is 5.78 Å². The van der Waals surface area contributed by atoms with E-state index in [0.717, 1.165) is 16.7 Å². The van der Waals surface area contributed by atoms with Crippen LogP contribution in [0.4, 0.5) is 0 Å². The molecule has 0 saturated heterocycles. The lowest BCUT2D eigenvalue weighted by atomic mass is 9.96. The Morgan fingerprint density at radius 1 is 0.952 bits per heavy atom. The third-order valence-corrected chi connectivity index (χ3v) is 3.53. The first-order chi connectivity index (χ1) is 10.1. The molecule has 0 aromatic heterocycles. The van der Waals surface area contributed by atoms with Crippen LogP contribution < -0.4 is 4.74 Å². The average Bonchev–Trinajstić information content (AvgIpc) is 2.50.